The average Bonchev–Trinajstić information content (AvgIpc) is 3.20. The zero-order valence-corrected chi connectivity index (χ0v) is 16.7. The fourth-order valence-electron chi connectivity index (χ4n) is 2.44. The smallest absolute Gasteiger partial charge is 0.270 e. The van der Waals surface area contributed by atoms with Crippen LogP contribution in [0.25, 0.3) is 11.3 Å². The molecule has 7 heteroatoms. The minimum Gasteiger partial charge on any atom is -0.496 e. The van der Waals surface area contributed by atoms with Crippen LogP contribution in [0.3, 0.4) is 0 Å². The van der Waals surface area contributed by atoms with Crippen molar-refractivity contribution in [3.8, 4) is 34.6 Å². The summed E-state index contributed by atoms with van der Waals surface area (Å²) in [6.45, 7) is 0.456. The summed E-state index contributed by atoms with van der Waals surface area (Å²) in [5.41, 5.74) is 1.80. The first-order valence-corrected chi connectivity index (χ1v) is 9.28. The Balaban J connectivity index is 1.50. The molecule has 0 fully saturated rings. The van der Waals surface area contributed by atoms with E-state index in [0.717, 1.165) is 15.8 Å². The SMILES string of the molecule is COc1ccccc1-c1cc(C(=O)NCC#CCOc2cccc(Br)c2)[nH]n1. The molecule has 2 N–H and O–H groups in total. The molecular weight excluding hydrogens is 422 g/mol. The lowest BCUT2D eigenvalue weighted by Gasteiger charge is -2.04. The van der Waals surface area contributed by atoms with Gasteiger partial charge in [0.25, 0.3) is 5.91 Å². The molecule has 0 bridgehead atoms. The van der Waals surface area contributed by atoms with E-state index in [4.69, 9.17) is 9.47 Å². The first kappa shape index (κ1) is 19.5. The van der Waals surface area contributed by atoms with Crippen LogP contribution in [0.15, 0.2) is 59.1 Å². The molecule has 6 nitrogen and oxygen atoms in total. The lowest BCUT2D eigenvalue weighted by atomic mass is 10.1. The first-order valence-electron chi connectivity index (χ1n) is 8.48. The van der Waals surface area contributed by atoms with Gasteiger partial charge in [0.05, 0.1) is 19.3 Å². The quantitative estimate of drug-likeness (QED) is 0.574. The van der Waals surface area contributed by atoms with E-state index in [1.54, 1.807) is 13.2 Å². The number of aromatic nitrogens is 2. The predicted octanol–water partition coefficient (Wildman–Crippen LogP) is 3.66. The highest BCUT2D eigenvalue weighted by Gasteiger charge is 2.12. The number of nitrogens with zero attached hydrogens (tertiary/aromatic N) is 1. The minimum atomic E-state index is -0.282. The number of carbonyl (C=O) groups excluding carboxylic acids is 1. The van der Waals surface area contributed by atoms with Gasteiger partial charge in [0.15, 0.2) is 0 Å². The molecule has 2 aromatic carbocycles. The Kier molecular flexibility index (Phi) is 6.71. The third-order valence-corrected chi connectivity index (χ3v) is 4.27. The zero-order chi connectivity index (χ0) is 19.8. The number of hydrogen-bond acceptors (Lipinski definition) is 4. The number of ether oxygens (including phenoxy) is 2. The Bertz CT molecular complexity index is 1020. The summed E-state index contributed by atoms with van der Waals surface area (Å²) < 4.78 is 11.8. The number of amides is 1. The Morgan fingerprint density at radius 3 is 2.86 bits per heavy atom. The molecule has 28 heavy (non-hydrogen) atoms. The number of rotatable bonds is 6. The number of methoxy groups -OCH3 is 1. The van der Waals surface area contributed by atoms with E-state index in [0.29, 0.717) is 17.1 Å². The number of aromatic amines is 1. The van der Waals surface area contributed by atoms with Crippen molar-refractivity contribution in [3.63, 3.8) is 0 Å². The standard InChI is InChI=1S/C21H18BrN3O3/c1-27-20-10-3-2-9-17(20)18-14-19(25-24-18)21(26)23-11-4-5-12-28-16-8-6-7-15(22)13-16/h2-3,6-10,13-14H,11-12H2,1H3,(H,23,26)(H,24,25). The van der Waals surface area contributed by atoms with E-state index < -0.39 is 0 Å². The van der Waals surface area contributed by atoms with E-state index in [-0.39, 0.29) is 19.1 Å². The number of H-pyrrole nitrogens is 1. The van der Waals surface area contributed by atoms with Crippen molar-refractivity contribution in [1.82, 2.24) is 15.5 Å². The van der Waals surface area contributed by atoms with Gasteiger partial charge in [-0.05, 0) is 36.4 Å². The normalized spacial score (nSPS) is 9.93. The highest BCUT2D eigenvalue weighted by Crippen LogP contribution is 2.28. The molecule has 0 radical (unpaired) electrons. The van der Waals surface area contributed by atoms with Crippen LogP contribution in [-0.4, -0.2) is 36.4 Å². The molecule has 0 aliphatic carbocycles. The van der Waals surface area contributed by atoms with Crippen molar-refractivity contribution in [2.75, 3.05) is 20.3 Å². The highest BCUT2D eigenvalue weighted by atomic mass is 79.9. The maximum atomic E-state index is 12.2. The fraction of sp³-hybridized carbons (Fsp3) is 0.143. The molecule has 0 spiro atoms. The highest BCUT2D eigenvalue weighted by molar-refractivity contribution is 9.10. The first-order chi connectivity index (χ1) is 13.7. The van der Waals surface area contributed by atoms with E-state index in [1.165, 1.54) is 0 Å². The van der Waals surface area contributed by atoms with Crippen LogP contribution in [0.2, 0.25) is 0 Å². The predicted molar refractivity (Wildman–Crippen MR) is 110 cm³/mol. The second kappa shape index (κ2) is 9.62. The Morgan fingerprint density at radius 1 is 1.18 bits per heavy atom. The summed E-state index contributed by atoms with van der Waals surface area (Å²) in [6.07, 6.45) is 0. The van der Waals surface area contributed by atoms with Gasteiger partial charge < -0.3 is 14.8 Å². The van der Waals surface area contributed by atoms with Gasteiger partial charge in [0.1, 0.15) is 23.8 Å². The van der Waals surface area contributed by atoms with Crippen LogP contribution in [0, 0.1) is 11.8 Å². The molecule has 3 aromatic rings. The largest absolute Gasteiger partial charge is 0.496 e. The molecule has 0 unspecified atom stereocenters. The topological polar surface area (TPSA) is 76.2 Å². The fourth-order valence-corrected chi connectivity index (χ4v) is 2.82. The minimum absolute atomic E-state index is 0.212. The molecule has 142 valence electrons. The van der Waals surface area contributed by atoms with Crippen molar-refractivity contribution in [3.05, 3.63) is 64.8 Å². The van der Waals surface area contributed by atoms with Gasteiger partial charge >= 0.3 is 0 Å². The van der Waals surface area contributed by atoms with Crippen LogP contribution >= 0.6 is 15.9 Å². The van der Waals surface area contributed by atoms with E-state index in [1.807, 2.05) is 48.5 Å². The van der Waals surface area contributed by atoms with Gasteiger partial charge in [-0.25, -0.2) is 0 Å². The molecule has 0 atom stereocenters. The van der Waals surface area contributed by atoms with Gasteiger partial charge in [0, 0.05) is 10.0 Å². The molecule has 0 aliphatic heterocycles. The van der Waals surface area contributed by atoms with Gasteiger partial charge in [-0.2, -0.15) is 5.10 Å². The van der Waals surface area contributed by atoms with Gasteiger partial charge in [-0.15, -0.1) is 0 Å². The van der Waals surface area contributed by atoms with Crippen molar-refractivity contribution in [1.29, 1.82) is 0 Å². The van der Waals surface area contributed by atoms with Crippen molar-refractivity contribution in [2.24, 2.45) is 0 Å². The lowest BCUT2D eigenvalue weighted by molar-refractivity contribution is 0.0953. The molecule has 0 aliphatic rings. The summed E-state index contributed by atoms with van der Waals surface area (Å²) in [6, 6.07) is 16.7. The number of para-hydroxylation sites is 1. The van der Waals surface area contributed by atoms with E-state index in [9.17, 15) is 4.79 Å². The van der Waals surface area contributed by atoms with Crippen LogP contribution in [-0.2, 0) is 0 Å². The molecule has 1 aromatic heterocycles. The van der Waals surface area contributed by atoms with Crippen LogP contribution in [0.1, 0.15) is 10.5 Å². The van der Waals surface area contributed by atoms with Crippen LogP contribution in [0.5, 0.6) is 11.5 Å². The van der Waals surface area contributed by atoms with Gasteiger partial charge in [-0.1, -0.05) is 46.0 Å². The third-order valence-electron chi connectivity index (χ3n) is 3.77. The van der Waals surface area contributed by atoms with Gasteiger partial charge in [0.2, 0.25) is 0 Å². The van der Waals surface area contributed by atoms with Crippen LogP contribution in [0.4, 0.5) is 0 Å². The van der Waals surface area contributed by atoms with E-state index in [2.05, 4.69) is 43.3 Å². The maximum absolute atomic E-state index is 12.2. The van der Waals surface area contributed by atoms with Crippen LogP contribution < -0.4 is 14.8 Å². The Hall–Kier alpha value is -3.24. The second-order valence-electron chi connectivity index (χ2n) is 5.65. The van der Waals surface area contributed by atoms with Crippen molar-refractivity contribution in [2.45, 2.75) is 0 Å². The van der Waals surface area contributed by atoms with Crippen molar-refractivity contribution >= 4 is 21.8 Å². The number of benzene rings is 2. The Labute approximate surface area is 171 Å². The summed E-state index contributed by atoms with van der Waals surface area (Å²) in [5.74, 6) is 6.86. The van der Waals surface area contributed by atoms with Crippen molar-refractivity contribution < 1.29 is 14.3 Å². The number of carbonyl (C=O) groups is 1. The molecule has 3 rings (SSSR count). The summed E-state index contributed by atoms with van der Waals surface area (Å²) in [7, 11) is 1.60. The number of halogens is 1. The summed E-state index contributed by atoms with van der Waals surface area (Å²) in [4.78, 5) is 12.2. The third kappa shape index (κ3) is 5.15. The van der Waals surface area contributed by atoms with E-state index >= 15 is 0 Å². The monoisotopic (exact) mass is 439 g/mol. The summed E-state index contributed by atoms with van der Waals surface area (Å²) in [5, 5.41) is 9.65. The second-order valence-corrected chi connectivity index (χ2v) is 6.57. The average molecular weight is 440 g/mol. The lowest BCUT2D eigenvalue weighted by Crippen LogP contribution is -2.24. The van der Waals surface area contributed by atoms with Gasteiger partial charge in [-0.3, -0.25) is 9.89 Å². The maximum Gasteiger partial charge on any atom is 0.270 e. The molecule has 1 amide bonds. The zero-order valence-electron chi connectivity index (χ0n) is 15.2. The molecule has 0 saturated heterocycles. The summed E-state index contributed by atoms with van der Waals surface area (Å²) >= 11 is 3.38. The number of nitrogens with one attached hydrogen (secondary N) is 2. The molecular formula is C21H18BrN3O3. The molecule has 0 saturated carbocycles. The Morgan fingerprint density at radius 2 is 2.04 bits per heavy atom. The molecule has 1 heterocycles. The number of hydrogen-bond donors (Lipinski definition) is 2.